The minimum absolute atomic E-state index is 0.435. The molecule has 0 aromatic carbocycles. The number of hydrogen-bond acceptors (Lipinski definition) is 1. The van der Waals surface area contributed by atoms with E-state index in [2.05, 4.69) is 5.73 Å². The van der Waals surface area contributed by atoms with E-state index < -0.39 is 0 Å². The molecule has 12 heavy (non-hydrogen) atoms. The van der Waals surface area contributed by atoms with Gasteiger partial charge in [0.1, 0.15) is 0 Å². The van der Waals surface area contributed by atoms with E-state index in [4.69, 9.17) is 12.6 Å². The second kappa shape index (κ2) is 2.21. The normalized spacial score (nSPS) is 62.5. The largest absolute Gasteiger partial charge is 0.355 e. The summed E-state index contributed by atoms with van der Waals surface area (Å²) in [5, 5.41) is 0. The summed E-state index contributed by atoms with van der Waals surface area (Å²) in [6.45, 7) is 0. The lowest BCUT2D eigenvalue weighted by Crippen LogP contribution is -2.74. The lowest BCUT2D eigenvalue weighted by Gasteiger charge is -2.56. The highest BCUT2D eigenvalue weighted by atomic mass is 32.1. The van der Waals surface area contributed by atoms with Crippen LogP contribution in [0.25, 0.3) is 0 Å². The molecule has 4 aliphatic carbocycles. The van der Waals surface area contributed by atoms with Crippen LogP contribution in [0.3, 0.4) is 0 Å². The molecule has 4 saturated carbocycles. The van der Waals surface area contributed by atoms with Crippen LogP contribution in [0.4, 0.5) is 0 Å². The summed E-state index contributed by atoms with van der Waals surface area (Å²) in [7, 11) is 0. The molecule has 2 atom stereocenters. The Balaban J connectivity index is 1.95. The van der Waals surface area contributed by atoms with Crippen LogP contribution in [0.2, 0.25) is 0 Å². The average molecular weight is 184 g/mol. The second-order valence-electron chi connectivity index (χ2n) is 5.36. The zero-order chi connectivity index (χ0) is 8.34. The highest BCUT2D eigenvalue weighted by Gasteiger charge is 2.54. The molecule has 4 fully saturated rings. The molecule has 0 radical (unpaired) electrons. The molecule has 1 nitrogen and oxygen atoms in total. The molecule has 0 spiro atoms. The third-order valence-corrected chi connectivity index (χ3v) is 4.98. The van der Waals surface area contributed by atoms with Gasteiger partial charge in [0.15, 0.2) is 0 Å². The fraction of sp³-hybridized carbons (Fsp3) is 1.00. The standard InChI is InChI=1S/C10H17NS/c11-9-7-1-6-2-8(9)5-10(12,3-6)4-7/h6-9,12H,1-5,11H2/p+1. The Labute approximate surface area is 79.5 Å². The summed E-state index contributed by atoms with van der Waals surface area (Å²) >= 11 is 4.86. The Kier molecular flexibility index (Phi) is 1.42. The minimum atomic E-state index is 0.435. The van der Waals surface area contributed by atoms with Crippen molar-refractivity contribution in [3.05, 3.63) is 0 Å². The number of hydrogen-bond donors (Lipinski definition) is 2. The van der Waals surface area contributed by atoms with E-state index in [1.165, 1.54) is 32.1 Å². The van der Waals surface area contributed by atoms with Crippen molar-refractivity contribution in [1.82, 2.24) is 0 Å². The van der Waals surface area contributed by atoms with Gasteiger partial charge in [0, 0.05) is 16.6 Å². The molecule has 0 aliphatic heterocycles. The van der Waals surface area contributed by atoms with Crippen LogP contribution in [0.15, 0.2) is 0 Å². The Morgan fingerprint density at radius 2 is 1.67 bits per heavy atom. The third-order valence-electron chi connectivity index (χ3n) is 4.44. The monoisotopic (exact) mass is 184 g/mol. The van der Waals surface area contributed by atoms with Crippen LogP contribution in [0.1, 0.15) is 32.1 Å². The SMILES string of the molecule is [NH3+]C1C2CC3CC1CC(S)(C3)C2. The van der Waals surface area contributed by atoms with Crippen molar-refractivity contribution in [3.63, 3.8) is 0 Å². The van der Waals surface area contributed by atoms with E-state index in [-0.39, 0.29) is 0 Å². The summed E-state index contributed by atoms with van der Waals surface area (Å²) in [4.78, 5) is 0. The summed E-state index contributed by atoms with van der Waals surface area (Å²) < 4.78 is 0.435. The van der Waals surface area contributed by atoms with E-state index in [1.807, 2.05) is 0 Å². The molecule has 2 heteroatoms. The summed E-state index contributed by atoms with van der Waals surface area (Å²) in [5.41, 5.74) is 4.33. The predicted octanol–water partition coefficient (Wildman–Crippen LogP) is 1.11. The van der Waals surface area contributed by atoms with Crippen molar-refractivity contribution in [2.24, 2.45) is 17.8 Å². The molecular weight excluding hydrogens is 166 g/mol. The molecule has 68 valence electrons. The zero-order valence-electron chi connectivity index (χ0n) is 7.50. The van der Waals surface area contributed by atoms with E-state index in [1.54, 1.807) is 0 Å². The topological polar surface area (TPSA) is 27.6 Å². The zero-order valence-corrected chi connectivity index (χ0v) is 8.39. The lowest BCUT2D eigenvalue weighted by molar-refractivity contribution is -0.462. The van der Waals surface area contributed by atoms with Crippen LogP contribution in [-0.4, -0.2) is 10.8 Å². The quantitative estimate of drug-likeness (QED) is 0.528. The molecule has 0 aromatic rings. The average Bonchev–Trinajstić information content (AvgIpc) is 1.96. The van der Waals surface area contributed by atoms with Gasteiger partial charge in [0.25, 0.3) is 0 Å². The Morgan fingerprint density at radius 1 is 1.08 bits per heavy atom. The smallest absolute Gasteiger partial charge is 0.0901 e. The number of thiol groups is 1. The van der Waals surface area contributed by atoms with Gasteiger partial charge in [-0.1, -0.05) is 0 Å². The van der Waals surface area contributed by atoms with E-state index in [0.29, 0.717) is 4.75 Å². The number of quaternary nitrogens is 1. The van der Waals surface area contributed by atoms with Crippen LogP contribution in [0, 0.1) is 17.8 Å². The first-order chi connectivity index (χ1) is 5.66. The Morgan fingerprint density at radius 3 is 2.17 bits per heavy atom. The molecular formula is C10H18NS+. The van der Waals surface area contributed by atoms with Gasteiger partial charge in [-0.3, -0.25) is 0 Å². The number of rotatable bonds is 0. The van der Waals surface area contributed by atoms with E-state index in [9.17, 15) is 0 Å². The molecule has 4 rings (SSSR count). The molecule has 0 heterocycles. The molecule has 2 unspecified atom stereocenters. The van der Waals surface area contributed by atoms with Crippen LogP contribution in [0.5, 0.6) is 0 Å². The van der Waals surface area contributed by atoms with Crippen molar-refractivity contribution >= 4 is 12.6 Å². The van der Waals surface area contributed by atoms with Crippen LogP contribution >= 0.6 is 12.6 Å². The lowest BCUT2D eigenvalue weighted by atomic mass is 9.54. The maximum absolute atomic E-state index is 4.86. The van der Waals surface area contributed by atoms with E-state index in [0.717, 1.165) is 23.8 Å². The van der Waals surface area contributed by atoms with E-state index >= 15 is 0 Å². The van der Waals surface area contributed by atoms with Crippen molar-refractivity contribution < 1.29 is 5.73 Å². The molecule has 0 amide bonds. The third kappa shape index (κ3) is 0.912. The van der Waals surface area contributed by atoms with Crippen molar-refractivity contribution in [2.45, 2.75) is 42.9 Å². The fourth-order valence-electron chi connectivity index (χ4n) is 4.09. The molecule has 0 aromatic heterocycles. The first-order valence-electron chi connectivity index (χ1n) is 5.22. The molecule has 4 aliphatic rings. The van der Waals surface area contributed by atoms with Gasteiger partial charge in [0.05, 0.1) is 6.04 Å². The Hall–Kier alpha value is 0.310. The summed E-state index contributed by atoms with van der Waals surface area (Å²) in [6.07, 6.45) is 7.05. The predicted molar refractivity (Wildman–Crippen MR) is 51.9 cm³/mol. The van der Waals surface area contributed by atoms with Gasteiger partial charge >= 0.3 is 0 Å². The minimum Gasteiger partial charge on any atom is -0.355 e. The maximum atomic E-state index is 4.86. The Bertz CT molecular complexity index is 200. The van der Waals surface area contributed by atoms with Crippen molar-refractivity contribution in [1.29, 1.82) is 0 Å². The van der Waals surface area contributed by atoms with Crippen LogP contribution < -0.4 is 5.73 Å². The van der Waals surface area contributed by atoms with Crippen LogP contribution in [-0.2, 0) is 0 Å². The molecule has 4 bridgehead atoms. The maximum Gasteiger partial charge on any atom is 0.0901 e. The van der Waals surface area contributed by atoms with Gasteiger partial charge < -0.3 is 5.73 Å². The first kappa shape index (κ1) is 7.69. The van der Waals surface area contributed by atoms with Gasteiger partial charge in [-0.25, -0.2) is 0 Å². The summed E-state index contributed by atoms with van der Waals surface area (Å²) in [6, 6.07) is 0.766. The second-order valence-corrected chi connectivity index (χ2v) is 6.31. The van der Waals surface area contributed by atoms with Crippen molar-refractivity contribution in [3.8, 4) is 0 Å². The van der Waals surface area contributed by atoms with Gasteiger partial charge in [0.2, 0.25) is 0 Å². The summed E-state index contributed by atoms with van der Waals surface area (Å²) in [5.74, 6) is 2.86. The molecule has 0 saturated heterocycles. The highest BCUT2D eigenvalue weighted by Crippen LogP contribution is 2.57. The highest BCUT2D eigenvalue weighted by molar-refractivity contribution is 7.81. The van der Waals surface area contributed by atoms with Gasteiger partial charge in [-0.05, 0) is 38.0 Å². The van der Waals surface area contributed by atoms with Crippen molar-refractivity contribution in [2.75, 3.05) is 0 Å². The van der Waals surface area contributed by atoms with Gasteiger partial charge in [-0.2, -0.15) is 12.6 Å². The first-order valence-corrected chi connectivity index (χ1v) is 5.66. The fourth-order valence-corrected chi connectivity index (χ4v) is 4.81. The van der Waals surface area contributed by atoms with Gasteiger partial charge in [-0.15, -0.1) is 0 Å². The molecule has 3 N–H and O–H groups in total.